The van der Waals surface area contributed by atoms with E-state index in [9.17, 15) is 4.79 Å². The molecule has 2 aromatic rings. The Hall–Kier alpha value is -2.14. The van der Waals surface area contributed by atoms with Crippen molar-refractivity contribution in [2.45, 2.75) is 70.1 Å². The molecule has 1 aliphatic carbocycles. The molecule has 156 valence electrons. The maximum Gasteiger partial charge on any atom is 0.277 e. The topological polar surface area (TPSA) is 58.4 Å². The van der Waals surface area contributed by atoms with Gasteiger partial charge in [-0.3, -0.25) is 4.79 Å². The van der Waals surface area contributed by atoms with Crippen LogP contribution in [0.15, 0.2) is 28.8 Å². The fourth-order valence-corrected chi connectivity index (χ4v) is 4.82. The molecule has 29 heavy (non-hydrogen) atoms. The molecule has 5 heteroatoms. The SMILES string of the molecule is CCc1cc(C(=O)Nc2ccc(C3CCN(C)CC3)cc2C2CCCCC2)no1. The third-order valence-corrected chi connectivity index (χ3v) is 6.70. The van der Waals surface area contributed by atoms with Crippen LogP contribution in [0.2, 0.25) is 0 Å². The minimum Gasteiger partial charge on any atom is -0.361 e. The highest BCUT2D eigenvalue weighted by Gasteiger charge is 2.24. The Morgan fingerprint density at radius 1 is 1.10 bits per heavy atom. The Morgan fingerprint density at radius 3 is 2.55 bits per heavy atom. The zero-order valence-electron chi connectivity index (χ0n) is 17.7. The second-order valence-corrected chi connectivity index (χ2v) is 8.75. The standard InChI is InChI=1S/C24H33N3O2/c1-3-20-16-23(26-29-20)24(28)25-22-10-9-19(17-11-13-27(2)14-12-17)15-21(22)18-7-5-4-6-8-18/h9-10,15-18H,3-8,11-14H2,1-2H3,(H,25,28). The third kappa shape index (κ3) is 4.72. The van der Waals surface area contributed by atoms with Crippen molar-refractivity contribution in [1.82, 2.24) is 10.1 Å². The summed E-state index contributed by atoms with van der Waals surface area (Å²) in [7, 11) is 2.20. The number of anilines is 1. The van der Waals surface area contributed by atoms with E-state index in [1.165, 1.54) is 56.1 Å². The van der Waals surface area contributed by atoms with E-state index in [0.717, 1.165) is 31.0 Å². The largest absolute Gasteiger partial charge is 0.361 e. The summed E-state index contributed by atoms with van der Waals surface area (Å²) in [6.45, 7) is 4.31. The smallest absolute Gasteiger partial charge is 0.277 e. The van der Waals surface area contributed by atoms with Gasteiger partial charge >= 0.3 is 0 Å². The van der Waals surface area contributed by atoms with Gasteiger partial charge in [0.2, 0.25) is 0 Å². The van der Waals surface area contributed by atoms with Crippen LogP contribution < -0.4 is 5.32 Å². The molecule has 1 aromatic heterocycles. The Bertz CT molecular complexity index is 830. The lowest BCUT2D eigenvalue weighted by Crippen LogP contribution is -2.29. The van der Waals surface area contributed by atoms with Crippen molar-refractivity contribution in [2.24, 2.45) is 0 Å². The van der Waals surface area contributed by atoms with Crippen LogP contribution in [-0.2, 0) is 6.42 Å². The number of hydrogen-bond acceptors (Lipinski definition) is 4. The van der Waals surface area contributed by atoms with Crippen molar-refractivity contribution >= 4 is 11.6 Å². The van der Waals surface area contributed by atoms with Gasteiger partial charge in [-0.15, -0.1) is 0 Å². The number of amides is 1. The first-order valence-electron chi connectivity index (χ1n) is 11.2. The number of carbonyl (C=O) groups is 1. The van der Waals surface area contributed by atoms with E-state index in [-0.39, 0.29) is 5.91 Å². The summed E-state index contributed by atoms with van der Waals surface area (Å²) in [6, 6.07) is 8.47. The first-order valence-corrected chi connectivity index (χ1v) is 11.2. The lowest BCUT2D eigenvalue weighted by molar-refractivity contribution is 0.101. The van der Waals surface area contributed by atoms with Crippen LogP contribution in [0, 0.1) is 0 Å². The number of piperidine rings is 1. The monoisotopic (exact) mass is 395 g/mol. The van der Waals surface area contributed by atoms with Gasteiger partial charge < -0.3 is 14.7 Å². The van der Waals surface area contributed by atoms with Crippen LogP contribution in [0.3, 0.4) is 0 Å². The van der Waals surface area contributed by atoms with E-state index in [1.54, 1.807) is 6.07 Å². The van der Waals surface area contributed by atoms with Gasteiger partial charge in [0.15, 0.2) is 5.69 Å². The van der Waals surface area contributed by atoms with Crippen LogP contribution in [0.25, 0.3) is 0 Å². The molecule has 1 saturated carbocycles. The van der Waals surface area contributed by atoms with Crippen LogP contribution in [-0.4, -0.2) is 36.1 Å². The van der Waals surface area contributed by atoms with Gasteiger partial charge in [0.05, 0.1) is 0 Å². The number of nitrogens with zero attached hydrogens (tertiary/aromatic N) is 2. The van der Waals surface area contributed by atoms with Crippen LogP contribution in [0.5, 0.6) is 0 Å². The minimum atomic E-state index is -0.183. The van der Waals surface area contributed by atoms with E-state index >= 15 is 0 Å². The fraction of sp³-hybridized carbons (Fsp3) is 0.583. The average molecular weight is 396 g/mol. The molecular formula is C24H33N3O2. The maximum absolute atomic E-state index is 12.8. The summed E-state index contributed by atoms with van der Waals surface area (Å²) in [5.74, 6) is 1.72. The Labute approximate surface area is 173 Å². The van der Waals surface area contributed by atoms with Gasteiger partial charge in [0.1, 0.15) is 5.76 Å². The number of aryl methyl sites for hydroxylation is 1. The number of likely N-dealkylation sites (tertiary alicyclic amines) is 1. The molecule has 0 spiro atoms. The van der Waals surface area contributed by atoms with Crippen molar-refractivity contribution in [2.75, 3.05) is 25.5 Å². The van der Waals surface area contributed by atoms with Crippen LogP contribution in [0.1, 0.15) is 91.1 Å². The summed E-state index contributed by atoms with van der Waals surface area (Å²) < 4.78 is 5.21. The number of nitrogens with one attached hydrogen (secondary N) is 1. The van der Waals surface area contributed by atoms with Crippen molar-refractivity contribution in [3.05, 3.63) is 46.8 Å². The molecule has 5 nitrogen and oxygen atoms in total. The zero-order chi connectivity index (χ0) is 20.2. The summed E-state index contributed by atoms with van der Waals surface area (Å²) >= 11 is 0. The van der Waals surface area contributed by atoms with E-state index in [0.29, 0.717) is 17.5 Å². The van der Waals surface area contributed by atoms with Crippen molar-refractivity contribution in [1.29, 1.82) is 0 Å². The number of hydrogen-bond donors (Lipinski definition) is 1. The average Bonchev–Trinajstić information content (AvgIpc) is 3.25. The fourth-order valence-electron chi connectivity index (χ4n) is 4.82. The van der Waals surface area contributed by atoms with Crippen LogP contribution in [0.4, 0.5) is 5.69 Å². The number of rotatable bonds is 5. The molecule has 4 rings (SSSR count). The van der Waals surface area contributed by atoms with Gasteiger partial charge in [0, 0.05) is 18.2 Å². The molecule has 1 aliphatic heterocycles. The van der Waals surface area contributed by atoms with Crippen molar-refractivity contribution in [3.63, 3.8) is 0 Å². The van der Waals surface area contributed by atoms with Gasteiger partial charge in [-0.05, 0) is 74.8 Å². The maximum atomic E-state index is 12.8. The Balaban J connectivity index is 1.58. The zero-order valence-corrected chi connectivity index (χ0v) is 17.7. The first-order chi connectivity index (χ1) is 14.1. The molecule has 1 aromatic carbocycles. The highest BCUT2D eigenvalue weighted by Crippen LogP contribution is 2.39. The van der Waals surface area contributed by atoms with E-state index in [4.69, 9.17) is 4.52 Å². The van der Waals surface area contributed by atoms with E-state index in [1.807, 2.05) is 6.92 Å². The third-order valence-electron chi connectivity index (χ3n) is 6.70. The molecule has 0 unspecified atom stereocenters. The predicted octanol–water partition coefficient (Wildman–Crippen LogP) is 5.35. The lowest BCUT2D eigenvalue weighted by Gasteiger charge is -2.31. The van der Waals surface area contributed by atoms with Crippen LogP contribution >= 0.6 is 0 Å². The molecular weight excluding hydrogens is 362 g/mol. The highest BCUT2D eigenvalue weighted by molar-refractivity contribution is 6.03. The number of carbonyl (C=O) groups excluding carboxylic acids is 1. The number of aromatic nitrogens is 1. The highest BCUT2D eigenvalue weighted by atomic mass is 16.5. The normalized spacial score (nSPS) is 19.4. The molecule has 2 aliphatic rings. The first kappa shape index (κ1) is 20.1. The van der Waals surface area contributed by atoms with Gasteiger partial charge in [-0.1, -0.05) is 43.5 Å². The van der Waals surface area contributed by atoms with Gasteiger partial charge in [-0.2, -0.15) is 0 Å². The second-order valence-electron chi connectivity index (χ2n) is 8.75. The molecule has 1 saturated heterocycles. The summed E-state index contributed by atoms with van der Waals surface area (Å²) in [5.41, 5.74) is 4.05. The molecule has 2 heterocycles. The van der Waals surface area contributed by atoms with E-state index < -0.39 is 0 Å². The molecule has 2 fully saturated rings. The van der Waals surface area contributed by atoms with Gasteiger partial charge in [-0.25, -0.2) is 0 Å². The van der Waals surface area contributed by atoms with Gasteiger partial charge in [0.25, 0.3) is 5.91 Å². The second kappa shape index (κ2) is 9.12. The Morgan fingerprint density at radius 2 is 1.86 bits per heavy atom. The summed E-state index contributed by atoms with van der Waals surface area (Å²) in [6.07, 6.45) is 9.47. The lowest BCUT2D eigenvalue weighted by atomic mass is 9.80. The molecule has 0 atom stereocenters. The molecule has 1 N–H and O–H groups in total. The molecule has 0 bridgehead atoms. The number of benzene rings is 1. The van der Waals surface area contributed by atoms with Crippen molar-refractivity contribution < 1.29 is 9.32 Å². The van der Waals surface area contributed by atoms with E-state index in [2.05, 4.69) is 40.6 Å². The van der Waals surface area contributed by atoms with Crippen molar-refractivity contribution in [3.8, 4) is 0 Å². The summed E-state index contributed by atoms with van der Waals surface area (Å²) in [5, 5.41) is 7.06. The quantitative estimate of drug-likeness (QED) is 0.742. The summed E-state index contributed by atoms with van der Waals surface area (Å²) in [4.78, 5) is 15.2. The molecule has 1 amide bonds. The Kier molecular flexibility index (Phi) is 6.34. The molecule has 0 radical (unpaired) electrons. The minimum absolute atomic E-state index is 0.183. The predicted molar refractivity (Wildman–Crippen MR) is 116 cm³/mol.